The number of hydrogen-bond donors (Lipinski definition) is 1. The van der Waals surface area contributed by atoms with Crippen molar-refractivity contribution in [1.29, 1.82) is 0 Å². The van der Waals surface area contributed by atoms with Crippen LogP contribution in [0.5, 0.6) is 5.75 Å². The second-order valence-corrected chi connectivity index (χ2v) is 4.49. The first-order valence-electron chi connectivity index (χ1n) is 6.10. The number of hydrogen-bond acceptors (Lipinski definition) is 3. The van der Waals surface area contributed by atoms with Crippen LogP contribution >= 0.6 is 0 Å². The molecule has 0 amide bonds. The number of aromatic nitrogens is 2. The average molecular weight is 253 g/mol. The summed E-state index contributed by atoms with van der Waals surface area (Å²) in [6, 6.07) is 11.8. The first kappa shape index (κ1) is 11.6. The summed E-state index contributed by atoms with van der Waals surface area (Å²) in [6.07, 6.45) is 4.72. The van der Waals surface area contributed by atoms with Crippen LogP contribution in [0.1, 0.15) is 11.3 Å². The molecule has 0 saturated heterocycles. The number of pyridine rings is 1. The summed E-state index contributed by atoms with van der Waals surface area (Å²) >= 11 is 0. The first-order chi connectivity index (χ1) is 9.24. The van der Waals surface area contributed by atoms with Gasteiger partial charge < -0.3 is 14.9 Å². The van der Waals surface area contributed by atoms with Crippen LogP contribution in [-0.4, -0.2) is 16.5 Å². The highest BCUT2D eigenvalue weighted by molar-refractivity contribution is 5.52. The Kier molecular flexibility index (Phi) is 2.83. The number of nitrogens with two attached hydrogens (primary N) is 1. The molecule has 0 spiro atoms. The highest BCUT2D eigenvalue weighted by Crippen LogP contribution is 2.17. The minimum absolute atomic E-state index is 0.728. The monoisotopic (exact) mass is 253 g/mol. The molecule has 3 aromatic rings. The van der Waals surface area contributed by atoms with Gasteiger partial charge in [-0.2, -0.15) is 0 Å². The van der Waals surface area contributed by atoms with Crippen LogP contribution in [-0.2, 0) is 6.42 Å². The summed E-state index contributed by atoms with van der Waals surface area (Å²) in [6.45, 7) is 0. The number of nitrogens with zero attached hydrogens (tertiary/aromatic N) is 2. The highest BCUT2D eigenvalue weighted by atomic mass is 16.5. The molecule has 0 bridgehead atoms. The predicted octanol–water partition coefficient (Wildman–Crippen LogP) is 2.52. The van der Waals surface area contributed by atoms with Crippen molar-refractivity contribution < 1.29 is 4.74 Å². The van der Waals surface area contributed by atoms with Crippen LogP contribution in [0.3, 0.4) is 0 Å². The topological polar surface area (TPSA) is 52.5 Å². The molecule has 4 nitrogen and oxygen atoms in total. The summed E-state index contributed by atoms with van der Waals surface area (Å²) in [7, 11) is 1.67. The van der Waals surface area contributed by atoms with Crippen LogP contribution in [0.15, 0.2) is 48.8 Å². The second-order valence-electron chi connectivity index (χ2n) is 4.49. The van der Waals surface area contributed by atoms with Gasteiger partial charge in [0.2, 0.25) is 0 Å². The van der Waals surface area contributed by atoms with E-state index >= 15 is 0 Å². The SMILES string of the molecule is COc1cccc(Cc2cn3ccc(N)cc3n2)c1. The smallest absolute Gasteiger partial charge is 0.139 e. The molecule has 2 aromatic heterocycles. The van der Waals surface area contributed by atoms with Gasteiger partial charge in [-0.15, -0.1) is 0 Å². The van der Waals surface area contributed by atoms with E-state index in [1.165, 1.54) is 5.56 Å². The van der Waals surface area contributed by atoms with Gasteiger partial charge in [0.25, 0.3) is 0 Å². The Bertz CT molecular complexity index is 718. The van der Waals surface area contributed by atoms with Gasteiger partial charge in [-0.3, -0.25) is 0 Å². The maximum Gasteiger partial charge on any atom is 0.139 e. The van der Waals surface area contributed by atoms with Gasteiger partial charge in [0.15, 0.2) is 0 Å². The molecule has 0 aliphatic carbocycles. The number of ether oxygens (including phenoxy) is 1. The van der Waals surface area contributed by atoms with Crippen molar-refractivity contribution >= 4 is 11.3 Å². The lowest BCUT2D eigenvalue weighted by molar-refractivity contribution is 0.414. The Morgan fingerprint density at radius 3 is 3.00 bits per heavy atom. The predicted molar refractivity (Wildman–Crippen MR) is 75.4 cm³/mol. The van der Waals surface area contributed by atoms with Gasteiger partial charge >= 0.3 is 0 Å². The molecule has 0 unspecified atom stereocenters. The third-order valence-corrected chi connectivity index (χ3v) is 3.05. The van der Waals surface area contributed by atoms with E-state index in [-0.39, 0.29) is 0 Å². The third kappa shape index (κ3) is 2.38. The van der Waals surface area contributed by atoms with Crippen molar-refractivity contribution in [2.24, 2.45) is 0 Å². The van der Waals surface area contributed by atoms with Crippen molar-refractivity contribution in [3.63, 3.8) is 0 Å². The molecule has 19 heavy (non-hydrogen) atoms. The number of rotatable bonds is 3. The number of methoxy groups -OCH3 is 1. The summed E-state index contributed by atoms with van der Waals surface area (Å²) in [5, 5.41) is 0. The largest absolute Gasteiger partial charge is 0.497 e. The molecule has 0 aliphatic heterocycles. The molecule has 3 rings (SSSR count). The number of nitrogen functional groups attached to an aromatic ring is 1. The molecular weight excluding hydrogens is 238 g/mol. The average Bonchev–Trinajstić information content (AvgIpc) is 2.80. The molecule has 0 saturated carbocycles. The van der Waals surface area contributed by atoms with Gasteiger partial charge in [0.1, 0.15) is 11.4 Å². The Hall–Kier alpha value is -2.49. The van der Waals surface area contributed by atoms with E-state index in [0.29, 0.717) is 0 Å². The minimum atomic E-state index is 0.728. The van der Waals surface area contributed by atoms with E-state index in [0.717, 1.165) is 29.2 Å². The van der Waals surface area contributed by atoms with E-state index in [1.807, 2.05) is 47.1 Å². The zero-order valence-corrected chi connectivity index (χ0v) is 10.7. The van der Waals surface area contributed by atoms with Crippen LogP contribution in [0.25, 0.3) is 5.65 Å². The maximum atomic E-state index is 5.75. The Morgan fingerprint density at radius 1 is 1.26 bits per heavy atom. The van der Waals surface area contributed by atoms with Gasteiger partial charge in [0, 0.05) is 30.6 Å². The summed E-state index contributed by atoms with van der Waals surface area (Å²) in [5.74, 6) is 0.866. The molecular formula is C15H15N3O. The summed E-state index contributed by atoms with van der Waals surface area (Å²) < 4.78 is 7.20. The standard InChI is InChI=1S/C15H15N3O/c1-19-14-4-2-3-11(8-14)7-13-10-18-6-5-12(16)9-15(18)17-13/h2-6,8-10H,7,16H2,1H3. The fourth-order valence-corrected chi connectivity index (χ4v) is 2.13. The molecule has 4 heteroatoms. The first-order valence-corrected chi connectivity index (χ1v) is 6.10. The number of benzene rings is 1. The van der Waals surface area contributed by atoms with Gasteiger partial charge in [0.05, 0.1) is 12.8 Å². The molecule has 0 atom stereocenters. The van der Waals surface area contributed by atoms with Crippen molar-refractivity contribution in [3.8, 4) is 5.75 Å². The van der Waals surface area contributed by atoms with Crippen molar-refractivity contribution in [2.75, 3.05) is 12.8 Å². The molecule has 0 aliphatic rings. The fourth-order valence-electron chi connectivity index (χ4n) is 2.13. The normalized spacial score (nSPS) is 10.8. The van der Waals surface area contributed by atoms with E-state index in [9.17, 15) is 0 Å². The lowest BCUT2D eigenvalue weighted by Gasteiger charge is -2.02. The molecule has 0 radical (unpaired) electrons. The van der Waals surface area contributed by atoms with Crippen LogP contribution in [0.2, 0.25) is 0 Å². The van der Waals surface area contributed by atoms with Gasteiger partial charge in [-0.25, -0.2) is 4.98 Å². The van der Waals surface area contributed by atoms with Crippen LogP contribution < -0.4 is 10.5 Å². The van der Waals surface area contributed by atoms with Crippen LogP contribution in [0.4, 0.5) is 5.69 Å². The number of anilines is 1. The van der Waals surface area contributed by atoms with E-state index in [1.54, 1.807) is 7.11 Å². The van der Waals surface area contributed by atoms with Gasteiger partial charge in [-0.1, -0.05) is 12.1 Å². The maximum absolute atomic E-state index is 5.75. The van der Waals surface area contributed by atoms with E-state index in [2.05, 4.69) is 11.1 Å². The zero-order chi connectivity index (χ0) is 13.2. The summed E-state index contributed by atoms with van der Waals surface area (Å²) in [5.41, 5.74) is 9.54. The lowest BCUT2D eigenvalue weighted by atomic mass is 10.1. The Labute approximate surface area is 111 Å². The van der Waals surface area contributed by atoms with Crippen molar-refractivity contribution in [3.05, 3.63) is 60.0 Å². The molecule has 96 valence electrons. The fraction of sp³-hybridized carbons (Fsp3) is 0.133. The zero-order valence-electron chi connectivity index (χ0n) is 10.7. The minimum Gasteiger partial charge on any atom is -0.497 e. The molecule has 2 N–H and O–H groups in total. The second kappa shape index (κ2) is 4.65. The van der Waals surface area contributed by atoms with E-state index in [4.69, 9.17) is 10.5 Å². The van der Waals surface area contributed by atoms with Crippen molar-refractivity contribution in [2.45, 2.75) is 6.42 Å². The Morgan fingerprint density at radius 2 is 2.16 bits per heavy atom. The van der Waals surface area contributed by atoms with Gasteiger partial charge in [-0.05, 0) is 23.8 Å². The lowest BCUT2D eigenvalue weighted by Crippen LogP contribution is -1.89. The Balaban J connectivity index is 1.92. The highest BCUT2D eigenvalue weighted by Gasteiger charge is 2.04. The summed E-state index contributed by atoms with van der Waals surface area (Å²) in [4.78, 5) is 4.57. The number of fused-ring (bicyclic) bond motifs is 1. The third-order valence-electron chi connectivity index (χ3n) is 3.05. The molecule has 0 fully saturated rings. The number of imidazole rings is 1. The van der Waals surface area contributed by atoms with E-state index < -0.39 is 0 Å². The molecule has 1 aromatic carbocycles. The van der Waals surface area contributed by atoms with Crippen LogP contribution in [0, 0.1) is 0 Å². The molecule has 2 heterocycles. The van der Waals surface area contributed by atoms with Crippen molar-refractivity contribution in [1.82, 2.24) is 9.38 Å². The quantitative estimate of drug-likeness (QED) is 0.780.